The summed E-state index contributed by atoms with van der Waals surface area (Å²) in [5, 5.41) is 5.40. The van der Waals surface area contributed by atoms with Crippen LogP contribution in [-0.4, -0.2) is 40.9 Å². The van der Waals surface area contributed by atoms with Crippen LogP contribution in [0.4, 0.5) is 11.6 Å². The highest BCUT2D eigenvalue weighted by Gasteiger charge is 2.26. The van der Waals surface area contributed by atoms with Crippen molar-refractivity contribution in [2.45, 2.75) is 31.7 Å². The number of anilines is 2. The Morgan fingerprint density at radius 3 is 2.80 bits per heavy atom. The zero-order valence-electron chi connectivity index (χ0n) is 11.1. The second-order valence-corrected chi connectivity index (χ2v) is 5.10. The van der Waals surface area contributed by atoms with Crippen molar-refractivity contribution in [1.82, 2.24) is 15.3 Å². The molecule has 0 radical (unpaired) electrons. The van der Waals surface area contributed by atoms with Crippen molar-refractivity contribution in [2.24, 2.45) is 0 Å². The van der Waals surface area contributed by atoms with Crippen LogP contribution in [0.2, 0.25) is 0 Å². The van der Waals surface area contributed by atoms with Gasteiger partial charge in [-0.05, 0) is 19.3 Å². The number of amides is 2. The molecule has 0 bridgehead atoms. The summed E-state index contributed by atoms with van der Waals surface area (Å²) in [7, 11) is 0. The van der Waals surface area contributed by atoms with Crippen LogP contribution in [0, 0.1) is 0 Å². The summed E-state index contributed by atoms with van der Waals surface area (Å²) in [4.78, 5) is 33.4. The number of imide groups is 1. The van der Waals surface area contributed by atoms with Crippen LogP contribution in [0.15, 0.2) is 12.4 Å². The van der Waals surface area contributed by atoms with Crippen LogP contribution in [0.25, 0.3) is 0 Å². The van der Waals surface area contributed by atoms with Gasteiger partial charge in [-0.3, -0.25) is 14.9 Å². The van der Waals surface area contributed by atoms with Gasteiger partial charge in [0.05, 0.1) is 0 Å². The fraction of sp³-hybridized carbons (Fsp3) is 0.538. The maximum atomic E-state index is 11.7. The third kappa shape index (κ3) is 2.71. The van der Waals surface area contributed by atoms with Gasteiger partial charge in [0, 0.05) is 25.6 Å². The number of piperidine rings is 1. The van der Waals surface area contributed by atoms with Gasteiger partial charge in [-0.1, -0.05) is 0 Å². The Hall–Kier alpha value is -2.18. The number of nitrogens with zero attached hydrogens (tertiary/aromatic N) is 3. The molecule has 7 nitrogen and oxygen atoms in total. The number of carbonyl (C=O) groups is 2. The predicted molar refractivity (Wildman–Crippen MR) is 73.3 cm³/mol. The number of hydrogen-bond donors (Lipinski definition) is 2. The van der Waals surface area contributed by atoms with Gasteiger partial charge in [-0.2, -0.15) is 0 Å². The molecule has 2 aliphatic heterocycles. The molecule has 0 aromatic carbocycles. The molecule has 7 heteroatoms. The molecule has 0 aliphatic carbocycles. The third-order valence-corrected chi connectivity index (χ3v) is 3.64. The number of hydrogen-bond acceptors (Lipinski definition) is 6. The van der Waals surface area contributed by atoms with E-state index in [1.54, 1.807) is 0 Å². The van der Waals surface area contributed by atoms with E-state index in [0.29, 0.717) is 18.7 Å². The molecule has 2 saturated heterocycles. The lowest BCUT2D eigenvalue weighted by molar-refractivity contribution is -0.133. The molecule has 2 N–H and O–H groups in total. The van der Waals surface area contributed by atoms with Crippen molar-refractivity contribution in [1.29, 1.82) is 0 Å². The molecule has 0 saturated carbocycles. The van der Waals surface area contributed by atoms with Crippen molar-refractivity contribution in [2.75, 3.05) is 23.3 Å². The Bertz CT molecular complexity index is 527. The summed E-state index contributed by atoms with van der Waals surface area (Å²) in [6.07, 6.45) is 4.71. The molecule has 3 heterocycles. The van der Waals surface area contributed by atoms with Crippen LogP contribution in [0.5, 0.6) is 0 Å². The lowest BCUT2D eigenvalue weighted by atomic mass is 10.1. The highest BCUT2D eigenvalue weighted by atomic mass is 16.2. The first-order valence-electron chi connectivity index (χ1n) is 6.89. The first-order valence-corrected chi connectivity index (χ1v) is 6.89. The third-order valence-electron chi connectivity index (χ3n) is 3.64. The van der Waals surface area contributed by atoms with Gasteiger partial charge in [0.2, 0.25) is 11.8 Å². The lowest BCUT2D eigenvalue weighted by Crippen LogP contribution is -2.47. The van der Waals surface area contributed by atoms with E-state index in [-0.39, 0.29) is 11.8 Å². The van der Waals surface area contributed by atoms with Crippen LogP contribution in [0.1, 0.15) is 25.7 Å². The standard InChI is InChI=1S/C13H17N5O2/c19-12-4-3-9(13(20)17-12)16-10-7-11(15-8-14-10)18-5-1-2-6-18/h7-9H,1-6H2,(H,14,15,16)(H,17,19,20). The maximum absolute atomic E-state index is 11.7. The summed E-state index contributed by atoms with van der Waals surface area (Å²) < 4.78 is 0. The van der Waals surface area contributed by atoms with E-state index in [1.807, 2.05) is 6.07 Å². The number of nitrogens with one attached hydrogen (secondary N) is 2. The van der Waals surface area contributed by atoms with E-state index >= 15 is 0 Å². The molecule has 20 heavy (non-hydrogen) atoms. The number of aromatic nitrogens is 2. The van der Waals surface area contributed by atoms with E-state index in [0.717, 1.165) is 18.9 Å². The van der Waals surface area contributed by atoms with E-state index in [4.69, 9.17) is 0 Å². The Balaban J connectivity index is 1.69. The Labute approximate surface area is 116 Å². The summed E-state index contributed by atoms with van der Waals surface area (Å²) in [6.45, 7) is 2.02. The lowest BCUT2D eigenvalue weighted by Gasteiger charge is -2.23. The first kappa shape index (κ1) is 12.8. The molecule has 1 aromatic heterocycles. The van der Waals surface area contributed by atoms with E-state index in [2.05, 4.69) is 25.5 Å². The van der Waals surface area contributed by atoms with Crippen molar-refractivity contribution in [3.8, 4) is 0 Å². The normalized spacial score (nSPS) is 22.8. The van der Waals surface area contributed by atoms with Gasteiger partial charge in [0.15, 0.2) is 0 Å². The molecular weight excluding hydrogens is 258 g/mol. The fourth-order valence-electron chi connectivity index (χ4n) is 2.55. The van der Waals surface area contributed by atoms with Crippen molar-refractivity contribution >= 4 is 23.5 Å². The maximum Gasteiger partial charge on any atom is 0.249 e. The van der Waals surface area contributed by atoms with E-state index < -0.39 is 6.04 Å². The van der Waals surface area contributed by atoms with Gasteiger partial charge >= 0.3 is 0 Å². The summed E-state index contributed by atoms with van der Waals surface area (Å²) in [5.41, 5.74) is 0. The molecule has 2 aliphatic rings. The average Bonchev–Trinajstić information content (AvgIpc) is 2.96. The minimum absolute atomic E-state index is 0.214. The van der Waals surface area contributed by atoms with Crippen LogP contribution >= 0.6 is 0 Å². The zero-order chi connectivity index (χ0) is 13.9. The van der Waals surface area contributed by atoms with Gasteiger partial charge < -0.3 is 10.2 Å². The van der Waals surface area contributed by atoms with Crippen LogP contribution in [0.3, 0.4) is 0 Å². The minimum atomic E-state index is -0.408. The first-order chi connectivity index (χ1) is 9.72. The van der Waals surface area contributed by atoms with Gasteiger partial charge in [0.1, 0.15) is 24.0 Å². The SMILES string of the molecule is O=C1CCC(Nc2cc(N3CCCC3)ncn2)C(=O)N1. The fourth-order valence-corrected chi connectivity index (χ4v) is 2.55. The molecule has 1 aromatic rings. The van der Waals surface area contributed by atoms with Gasteiger partial charge in [-0.15, -0.1) is 0 Å². The molecule has 1 atom stereocenters. The monoisotopic (exact) mass is 275 g/mol. The highest BCUT2D eigenvalue weighted by Crippen LogP contribution is 2.20. The quantitative estimate of drug-likeness (QED) is 0.771. The van der Waals surface area contributed by atoms with Gasteiger partial charge in [0.25, 0.3) is 0 Å². The van der Waals surface area contributed by atoms with Crippen molar-refractivity contribution < 1.29 is 9.59 Å². The second kappa shape index (κ2) is 5.44. The molecule has 3 rings (SSSR count). The Morgan fingerprint density at radius 2 is 2.05 bits per heavy atom. The van der Waals surface area contributed by atoms with E-state index in [1.165, 1.54) is 19.2 Å². The molecule has 1 unspecified atom stereocenters. The second-order valence-electron chi connectivity index (χ2n) is 5.10. The Kier molecular flexibility index (Phi) is 3.49. The largest absolute Gasteiger partial charge is 0.358 e. The molecule has 0 spiro atoms. The van der Waals surface area contributed by atoms with Crippen LogP contribution in [-0.2, 0) is 9.59 Å². The number of carbonyl (C=O) groups excluding carboxylic acids is 2. The van der Waals surface area contributed by atoms with E-state index in [9.17, 15) is 9.59 Å². The molecule has 2 fully saturated rings. The van der Waals surface area contributed by atoms with Crippen molar-refractivity contribution in [3.05, 3.63) is 12.4 Å². The highest BCUT2D eigenvalue weighted by molar-refractivity contribution is 6.01. The topological polar surface area (TPSA) is 87.2 Å². The summed E-state index contributed by atoms with van der Waals surface area (Å²) in [5.74, 6) is 1.000. The Morgan fingerprint density at radius 1 is 1.25 bits per heavy atom. The minimum Gasteiger partial charge on any atom is -0.358 e. The average molecular weight is 275 g/mol. The van der Waals surface area contributed by atoms with Crippen molar-refractivity contribution in [3.63, 3.8) is 0 Å². The van der Waals surface area contributed by atoms with Crippen LogP contribution < -0.4 is 15.5 Å². The number of rotatable bonds is 3. The molecular formula is C13H17N5O2. The summed E-state index contributed by atoms with van der Waals surface area (Å²) >= 11 is 0. The van der Waals surface area contributed by atoms with Gasteiger partial charge in [-0.25, -0.2) is 9.97 Å². The zero-order valence-corrected chi connectivity index (χ0v) is 11.1. The predicted octanol–water partition coefficient (Wildman–Crippen LogP) is 0.294. The smallest absolute Gasteiger partial charge is 0.249 e. The molecule has 106 valence electrons. The summed E-state index contributed by atoms with van der Waals surface area (Å²) in [6, 6.07) is 1.45. The molecule has 2 amide bonds.